The molecule has 0 aromatic carbocycles. The summed E-state index contributed by atoms with van der Waals surface area (Å²) in [6, 6.07) is 0.465. The summed E-state index contributed by atoms with van der Waals surface area (Å²) in [6.45, 7) is 10.4. The van der Waals surface area contributed by atoms with Crippen LogP contribution < -0.4 is 10.6 Å². The lowest BCUT2D eigenvalue weighted by Crippen LogP contribution is -2.67. The van der Waals surface area contributed by atoms with Gasteiger partial charge in [0.05, 0.1) is 12.2 Å². The Bertz CT molecular complexity index is 480. The first kappa shape index (κ1) is 24.2. The molecule has 1 heterocycles. The summed E-state index contributed by atoms with van der Waals surface area (Å²) >= 11 is 0. The third kappa shape index (κ3) is 6.21. The van der Waals surface area contributed by atoms with Crippen LogP contribution in [0.4, 0.5) is 0 Å². The van der Waals surface area contributed by atoms with Crippen molar-refractivity contribution >= 4 is 29.9 Å². The number of fused-ring (bicyclic) bond motifs is 1. The molecule has 5 nitrogen and oxygen atoms in total. The molecule has 0 bridgehead atoms. The highest BCUT2D eigenvalue weighted by molar-refractivity contribution is 14.0. The summed E-state index contributed by atoms with van der Waals surface area (Å²) < 4.78 is 11.9. The zero-order valence-electron chi connectivity index (χ0n) is 18.2. The lowest BCUT2D eigenvalue weighted by atomic mass is 9.57. The molecule has 0 spiro atoms. The number of nitrogens with zero attached hydrogens (tertiary/aromatic N) is 1. The van der Waals surface area contributed by atoms with Gasteiger partial charge in [0.1, 0.15) is 0 Å². The maximum Gasteiger partial charge on any atom is 0.191 e. The Labute approximate surface area is 189 Å². The van der Waals surface area contributed by atoms with E-state index in [1.54, 1.807) is 0 Å². The third-order valence-corrected chi connectivity index (χ3v) is 6.72. The highest BCUT2D eigenvalue weighted by Gasteiger charge is 2.59. The normalized spacial score (nSPS) is 29.5. The van der Waals surface area contributed by atoms with Crippen LogP contribution in [0.2, 0.25) is 0 Å². The first-order valence-corrected chi connectivity index (χ1v) is 11.4. The van der Waals surface area contributed by atoms with Gasteiger partial charge in [0.15, 0.2) is 5.96 Å². The Hall–Kier alpha value is -0.0800. The van der Waals surface area contributed by atoms with E-state index in [9.17, 15) is 0 Å². The lowest BCUT2D eigenvalue weighted by Gasteiger charge is -2.54. The number of guanidine groups is 1. The fourth-order valence-electron chi connectivity index (χ4n) is 5.15. The molecular weight excluding hydrogens is 465 g/mol. The van der Waals surface area contributed by atoms with Crippen molar-refractivity contribution in [3.05, 3.63) is 0 Å². The van der Waals surface area contributed by atoms with Gasteiger partial charge in [-0.15, -0.1) is 24.0 Å². The van der Waals surface area contributed by atoms with Crippen LogP contribution >= 0.6 is 24.0 Å². The van der Waals surface area contributed by atoms with E-state index in [0.717, 1.165) is 45.1 Å². The molecule has 3 fully saturated rings. The highest BCUT2D eigenvalue weighted by Crippen LogP contribution is 2.52. The fraction of sp³-hybridized carbons (Fsp3) is 0.955. The Morgan fingerprint density at radius 2 is 1.89 bits per heavy atom. The molecule has 3 aliphatic rings. The summed E-state index contributed by atoms with van der Waals surface area (Å²) in [5.41, 5.74) is 0.188. The number of nitrogens with one attached hydrogen (secondary N) is 2. The number of ether oxygens (including phenoxy) is 2. The Balaban J connectivity index is 0.00000280. The topological polar surface area (TPSA) is 54.9 Å². The van der Waals surface area contributed by atoms with E-state index >= 15 is 0 Å². The first-order chi connectivity index (χ1) is 13.1. The molecule has 164 valence electrons. The Kier molecular flexibility index (Phi) is 10.3. The van der Waals surface area contributed by atoms with E-state index in [-0.39, 0.29) is 29.4 Å². The van der Waals surface area contributed by atoms with Crippen LogP contribution in [-0.2, 0) is 9.47 Å². The van der Waals surface area contributed by atoms with Crippen molar-refractivity contribution in [2.24, 2.45) is 16.3 Å². The van der Waals surface area contributed by atoms with E-state index in [4.69, 9.17) is 14.5 Å². The van der Waals surface area contributed by atoms with E-state index in [1.807, 2.05) is 0 Å². The molecule has 1 saturated heterocycles. The third-order valence-electron chi connectivity index (χ3n) is 6.72. The second-order valence-corrected chi connectivity index (χ2v) is 9.14. The van der Waals surface area contributed by atoms with Crippen LogP contribution in [0.15, 0.2) is 4.99 Å². The summed E-state index contributed by atoms with van der Waals surface area (Å²) in [4.78, 5) is 4.82. The molecule has 2 saturated carbocycles. The number of hydrogen-bond donors (Lipinski definition) is 2. The van der Waals surface area contributed by atoms with Gasteiger partial charge >= 0.3 is 0 Å². The summed E-state index contributed by atoms with van der Waals surface area (Å²) in [5.74, 6) is 1.61. The van der Waals surface area contributed by atoms with Crippen LogP contribution in [0.3, 0.4) is 0 Å². The van der Waals surface area contributed by atoms with Crippen LogP contribution in [0.5, 0.6) is 0 Å². The van der Waals surface area contributed by atoms with Crippen molar-refractivity contribution in [3.63, 3.8) is 0 Å². The number of rotatable bonds is 9. The van der Waals surface area contributed by atoms with Crippen molar-refractivity contribution < 1.29 is 9.47 Å². The number of aliphatic imine (C=N–C) groups is 1. The molecule has 1 aliphatic heterocycles. The number of unbranched alkanes of at least 4 members (excludes halogenated alkanes) is 2. The number of halogens is 1. The predicted octanol–water partition coefficient (Wildman–Crippen LogP) is 4.49. The average molecular weight is 508 g/mol. The Morgan fingerprint density at radius 1 is 1.11 bits per heavy atom. The van der Waals surface area contributed by atoms with Crippen molar-refractivity contribution in [2.75, 3.05) is 26.3 Å². The minimum absolute atomic E-state index is 0. The standard InChI is InChI=1S/C22H41N3O2.HI/c1-4-23-21(25-19-18-13-16-27-20(18)22(19,2)3)24-14-9-6-10-15-26-17-11-7-5-8-12-17;/h17-20H,4-16H2,1-3H3,(H2,23,24,25);1H. The fourth-order valence-corrected chi connectivity index (χ4v) is 5.15. The quantitative estimate of drug-likeness (QED) is 0.209. The summed E-state index contributed by atoms with van der Waals surface area (Å²) in [7, 11) is 0. The van der Waals surface area contributed by atoms with Crippen LogP contribution in [0.1, 0.15) is 78.6 Å². The zero-order valence-corrected chi connectivity index (χ0v) is 20.5. The van der Waals surface area contributed by atoms with Gasteiger partial charge in [-0.1, -0.05) is 33.1 Å². The van der Waals surface area contributed by atoms with Gasteiger partial charge in [-0.3, -0.25) is 4.99 Å². The minimum atomic E-state index is 0. The maximum absolute atomic E-state index is 6.01. The van der Waals surface area contributed by atoms with E-state index < -0.39 is 0 Å². The molecule has 3 rings (SSSR count). The van der Waals surface area contributed by atoms with Crippen molar-refractivity contribution in [1.82, 2.24) is 10.6 Å². The second kappa shape index (κ2) is 11.9. The molecule has 28 heavy (non-hydrogen) atoms. The van der Waals surface area contributed by atoms with Crippen LogP contribution in [-0.4, -0.2) is 50.5 Å². The van der Waals surface area contributed by atoms with E-state index in [0.29, 0.717) is 24.2 Å². The van der Waals surface area contributed by atoms with Gasteiger partial charge in [0.25, 0.3) is 0 Å². The van der Waals surface area contributed by atoms with Gasteiger partial charge in [-0.25, -0.2) is 0 Å². The summed E-state index contributed by atoms with van der Waals surface area (Å²) in [6.07, 6.45) is 12.3. The van der Waals surface area contributed by atoms with Gasteiger partial charge in [0.2, 0.25) is 0 Å². The van der Waals surface area contributed by atoms with Crippen molar-refractivity contribution in [3.8, 4) is 0 Å². The number of hydrogen-bond acceptors (Lipinski definition) is 3. The molecule has 0 aromatic rings. The van der Waals surface area contributed by atoms with E-state index in [2.05, 4.69) is 31.4 Å². The zero-order chi connectivity index (χ0) is 19.1. The molecule has 0 aromatic heterocycles. The van der Waals surface area contributed by atoms with Gasteiger partial charge in [-0.05, 0) is 45.4 Å². The molecule has 2 aliphatic carbocycles. The SMILES string of the molecule is CCNC(=NCCCCCOC1CCCCC1)NC1C2CCOC2C1(C)C.I. The smallest absolute Gasteiger partial charge is 0.191 e. The van der Waals surface area contributed by atoms with Crippen molar-refractivity contribution in [1.29, 1.82) is 0 Å². The monoisotopic (exact) mass is 507 g/mol. The second-order valence-electron chi connectivity index (χ2n) is 9.14. The van der Waals surface area contributed by atoms with Crippen LogP contribution in [0.25, 0.3) is 0 Å². The lowest BCUT2D eigenvalue weighted by molar-refractivity contribution is -0.106. The molecule has 3 atom stereocenters. The van der Waals surface area contributed by atoms with Gasteiger partial charge in [0, 0.05) is 43.7 Å². The van der Waals surface area contributed by atoms with Gasteiger partial charge in [-0.2, -0.15) is 0 Å². The highest BCUT2D eigenvalue weighted by atomic mass is 127. The Morgan fingerprint density at radius 3 is 2.64 bits per heavy atom. The molecular formula is C22H42IN3O2. The average Bonchev–Trinajstić information content (AvgIpc) is 3.13. The summed E-state index contributed by atoms with van der Waals surface area (Å²) in [5, 5.41) is 7.11. The molecule has 3 unspecified atom stereocenters. The molecule has 2 N–H and O–H groups in total. The largest absolute Gasteiger partial charge is 0.378 e. The predicted molar refractivity (Wildman–Crippen MR) is 127 cm³/mol. The molecule has 0 amide bonds. The van der Waals surface area contributed by atoms with Crippen LogP contribution in [0, 0.1) is 11.3 Å². The molecule has 6 heteroatoms. The van der Waals surface area contributed by atoms with E-state index in [1.165, 1.54) is 44.9 Å². The molecule has 0 radical (unpaired) electrons. The first-order valence-electron chi connectivity index (χ1n) is 11.4. The minimum Gasteiger partial charge on any atom is -0.378 e. The van der Waals surface area contributed by atoms with Crippen molar-refractivity contribution in [2.45, 2.75) is 96.8 Å². The maximum atomic E-state index is 6.01. The van der Waals surface area contributed by atoms with Gasteiger partial charge < -0.3 is 20.1 Å².